The van der Waals surface area contributed by atoms with Crippen molar-refractivity contribution >= 4 is 40.4 Å². The van der Waals surface area contributed by atoms with Crippen molar-refractivity contribution in [3.05, 3.63) is 53.6 Å². The van der Waals surface area contributed by atoms with Gasteiger partial charge in [0.2, 0.25) is 0 Å². The van der Waals surface area contributed by atoms with Gasteiger partial charge in [0.05, 0.1) is 16.8 Å². The molecule has 0 N–H and O–H groups in total. The summed E-state index contributed by atoms with van der Waals surface area (Å²) in [5.41, 5.74) is 2.62. The van der Waals surface area contributed by atoms with Crippen LogP contribution in [0.3, 0.4) is 0 Å². The van der Waals surface area contributed by atoms with Crippen LogP contribution in [0.5, 0.6) is 0 Å². The van der Waals surface area contributed by atoms with Gasteiger partial charge in [0.15, 0.2) is 5.58 Å². The minimum absolute atomic E-state index is 0.312. The van der Waals surface area contributed by atoms with Crippen LogP contribution in [0.4, 0.5) is 5.69 Å². The van der Waals surface area contributed by atoms with Gasteiger partial charge >= 0.3 is 0 Å². The van der Waals surface area contributed by atoms with Crippen molar-refractivity contribution in [3.8, 4) is 0 Å². The first-order valence-corrected chi connectivity index (χ1v) is 8.19. The van der Waals surface area contributed by atoms with Crippen molar-refractivity contribution in [2.45, 2.75) is 12.1 Å². The second-order valence-corrected chi connectivity index (χ2v) is 6.27. The van der Waals surface area contributed by atoms with Gasteiger partial charge in [-0.05, 0) is 30.0 Å². The van der Waals surface area contributed by atoms with Gasteiger partial charge in [-0.25, -0.2) is 9.88 Å². The number of amides is 2. The third-order valence-electron chi connectivity index (χ3n) is 3.67. The van der Waals surface area contributed by atoms with Gasteiger partial charge in [0.25, 0.3) is 17.0 Å². The molecule has 0 aliphatic carbocycles. The first-order valence-electron chi connectivity index (χ1n) is 7.20. The molecule has 0 unspecified atom stereocenters. The van der Waals surface area contributed by atoms with E-state index >= 15 is 0 Å². The third-order valence-corrected chi connectivity index (χ3v) is 4.38. The Kier molecular flexibility index (Phi) is 3.20. The van der Waals surface area contributed by atoms with Crippen molar-refractivity contribution in [2.75, 3.05) is 10.7 Å². The highest BCUT2D eigenvalue weighted by Crippen LogP contribution is 2.31. The molecular formula is C17H12N2O3S. The predicted molar refractivity (Wildman–Crippen MR) is 88.0 cm³/mol. The normalized spacial score (nSPS) is 13.9. The molecule has 0 saturated heterocycles. The monoisotopic (exact) mass is 324 g/mol. The van der Waals surface area contributed by atoms with Gasteiger partial charge < -0.3 is 4.42 Å². The summed E-state index contributed by atoms with van der Waals surface area (Å²) < 4.78 is 5.66. The lowest BCUT2D eigenvalue weighted by atomic mass is 10.1. The zero-order valence-corrected chi connectivity index (χ0v) is 13.1. The van der Waals surface area contributed by atoms with E-state index < -0.39 is 0 Å². The molecular weight excluding hydrogens is 312 g/mol. The van der Waals surface area contributed by atoms with Crippen LogP contribution in [-0.4, -0.2) is 22.6 Å². The van der Waals surface area contributed by atoms with Crippen LogP contribution in [0.15, 0.2) is 52.1 Å². The van der Waals surface area contributed by atoms with E-state index in [4.69, 9.17) is 4.42 Å². The van der Waals surface area contributed by atoms with Gasteiger partial charge in [0.1, 0.15) is 5.52 Å². The molecule has 6 heteroatoms. The Bertz CT molecular complexity index is 913. The highest BCUT2D eigenvalue weighted by atomic mass is 32.2. The Hall–Kier alpha value is -2.60. The summed E-state index contributed by atoms with van der Waals surface area (Å²) in [6.45, 7) is 2.02. The molecule has 1 aliphatic heterocycles. The van der Waals surface area contributed by atoms with Crippen LogP contribution in [0.2, 0.25) is 0 Å². The van der Waals surface area contributed by atoms with E-state index in [1.807, 2.05) is 6.92 Å². The summed E-state index contributed by atoms with van der Waals surface area (Å²) in [6, 6.07) is 12.0. The zero-order valence-electron chi connectivity index (χ0n) is 12.3. The molecule has 4 rings (SSSR count). The molecule has 2 heterocycles. The molecule has 3 aromatic rings. The summed E-state index contributed by atoms with van der Waals surface area (Å²) in [7, 11) is 0. The minimum atomic E-state index is -0.312. The largest absolute Gasteiger partial charge is 0.431 e. The molecule has 5 nitrogen and oxygen atoms in total. The fourth-order valence-electron chi connectivity index (χ4n) is 2.64. The van der Waals surface area contributed by atoms with Crippen molar-refractivity contribution in [1.82, 2.24) is 4.98 Å². The summed E-state index contributed by atoms with van der Waals surface area (Å²) in [4.78, 5) is 30.5. The number of anilines is 1. The van der Waals surface area contributed by atoms with Gasteiger partial charge in [-0.15, -0.1) is 0 Å². The maximum Gasteiger partial charge on any atom is 0.266 e. The molecule has 1 aliphatic rings. The van der Waals surface area contributed by atoms with E-state index in [9.17, 15) is 9.59 Å². The number of rotatable bonds is 3. The molecule has 114 valence electrons. The average Bonchev–Trinajstić information content (AvgIpc) is 3.07. The Morgan fingerprint density at radius 3 is 2.43 bits per heavy atom. The standard InChI is InChI=1S/C17H12N2O3S/c1-2-23-17-18-13-8-7-10(9-14(13)22-17)19-15(20)11-5-3-4-6-12(11)16(19)21/h3-9H,2H2,1H3. The fraction of sp³-hybridized carbons (Fsp3) is 0.118. The molecule has 0 saturated carbocycles. The van der Waals surface area contributed by atoms with E-state index in [1.165, 1.54) is 16.7 Å². The number of hydrogen-bond donors (Lipinski definition) is 0. The van der Waals surface area contributed by atoms with Crippen molar-refractivity contribution in [2.24, 2.45) is 0 Å². The van der Waals surface area contributed by atoms with E-state index in [2.05, 4.69) is 4.98 Å². The molecule has 0 radical (unpaired) electrons. The molecule has 2 amide bonds. The maximum atomic E-state index is 12.5. The lowest BCUT2D eigenvalue weighted by Crippen LogP contribution is -2.29. The van der Waals surface area contributed by atoms with Crippen molar-refractivity contribution in [1.29, 1.82) is 0 Å². The van der Waals surface area contributed by atoms with E-state index in [-0.39, 0.29) is 11.8 Å². The van der Waals surface area contributed by atoms with Crippen LogP contribution < -0.4 is 4.90 Å². The molecule has 23 heavy (non-hydrogen) atoms. The molecule has 1 aromatic heterocycles. The first-order chi connectivity index (χ1) is 11.2. The predicted octanol–water partition coefficient (Wildman–Crippen LogP) is 3.74. The number of aromatic nitrogens is 1. The summed E-state index contributed by atoms with van der Waals surface area (Å²) in [5.74, 6) is 0.234. The second kappa shape index (κ2) is 5.24. The second-order valence-electron chi connectivity index (χ2n) is 5.06. The average molecular weight is 324 g/mol. The number of thioether (sulfide) groups is 1. The van der Waals surface area contributed by atoms with Crippen LogP contribution in [0.1, 0.15) is 27.6 Å². The van der Waals surface area contributed by atoms with Crippen molar-refractivity contribution in [3.63, 3.8) is 0 Å². The van der Waals surface area contributed by atoms with E-state index in [0.29, 0.717) is 33.1 Å². The molecule has 0 atom stereocenters. The molecule has 0 bridgehead atoms. The minimum Gasteiger partial charge on any atom is -0.431 e. The summed E-state index contributed by atoms with van der Waals surface area (Å²) in [6.07, 6.45) is 0. The smallest absolute Gasteiger partial charge is 0.266 e. The number of benzene rings is 2. The third kappa shape index (κ3) is 2.14. The van der Waals surface area contributed by atoms with Crippen LogP contribution in [0.25, 0.3) is 11.1 Å². The number of nitrogens with zero attached hydrogens (tertiary/aromatic N) is 2. The van der Waals surface area contributed by atoms with E-state index in [0.717, 1.165) is 5.75 Å². The van der Waals surface area contributed by atoms with Gasteiger partial charge in [-0.2, -0.15) is 0 Å². The lowest BCUT2D eigenvalue weighted by molar-refractivity contribution is 0.0926. The highest BCUT2D eigenvalue weighted by Gasteiger charge is 2.36. The molecule has 0 spiro atoms. The number of imide groups is 1. The fourth-order valence-corrected chi connectivity index (χ4v) is 3.20. The number of fused-ring (bicyclic) bond motifs is 2. The SMILES string of the molecule is CCSc1nc2ccc(N3C(=O)c4ccccc4C3=O)cc2o1. The topological polar surface area (TPSA) is 63.4 Å². The maximum absolute atomic E-state index is 12.5. The molecule has 0 fully saturated rings. The number of oxazole rings is 1. The summed E-state index contributed by atoms with van der Waals surface area (Å²) >= 11 is 1.50. The Balaban J connectivity index is 1.78. The first kappa shape index (κ1) is 14.0. The van der Waals surface area contributed by atoms with Gasteiger partial charge in [-0.3, -0.25) is 9.59 Å². The van der Waals surface area contributed by atoms with Crippen LogP contribution in [-0.2, 0) is 0 Å². The Morgan fingerprint density at radius 1 is 1.09 bits per heavy atom. The zero-order chi connectivity index (χ0) is 16.0. The Labute approximate surface area is 136 Å². The van der Waals surface area contributed by atoms with Gasteiger partial charge in [-0.1, -0.05) is 30.8 Å². The van der Waals surface area contributed by atoms with Gasteiger partial charge in [0, 0.05) is 6.07 Å². The quantitative estimate of drug-likeness (QED) is 0.542. The number of carbonyl (C=O) groups excluding carboxylic acids is 2. The van der Waals surface area contributed by atoms with Crippen LogP contribution in [0, 0.1) is 0 Å². The summed E-state index contributed by atoms with van der Waals surface area (Å²) in [5, 5.41) is 0.585. The lowest BCUT2D eigenvalue weighted by Gasteiger charge is -2.13. The number of carbonyl (C=O) groups is 2. The molecule has 2 aromatic carbocycles. The van der Waals surface area contributed by atoms with Crippen LogP contribution >= 0.6 is 11.8 Å². The van der Waals surface area contributed by atoms with E-state index in [1.54, 1.807) is 42.5 Å². The van der Waals surface area contributed by atoms with Crippen molar-refractivity contribution < 1.29 is 14.0 Å². The highest BCUT2D eigenvalue weighted by molar-refractivity contribution is 7.99. The Morgan fingerprint density at radius 2 is 1.78 bits per heavy atom. The number of hydrogen-bond acceptors (Lipinski definition) is 5.